The first-order valence-corrected chi connectivity index (χ1v) is 9.16. The summed E-state index contributed by atoms with van der Waals surface area (Å²) in [6.45, 7) is 1.06. The van der Waals surface area contributed by atoms with Gasteiger partial charge in [0.05, 0.1) is 23.8 Å². The zero-order chi connectivity index (χ0) is 19.3. The minimum atomic E-state index is -0.205. The van der Waals surface area contributed by atoms with Crippen LogP contribution in [0.25, 0.3) is 22.8 Å². The largest absolute Gasteiger partial charge is 0.379 e. The average molecular weight is 379 g/mol. The molecule has 1 N–H and O–H groups in total. The normalized spacial score (nSPS) is 19.3. The molecule has 0 radical (unpaired) electrons. The highest BCUT2D eigenvalue weighted by molar-refractivity contribution is 6.00. The van der Waals surface area contributed by atoms with Crippen LogP contribution in [0.5, 0.6) is 0 Å². The Hall–Kier alpha value is -3.03. The van der Waals surface area contributed by atoms with Crippen molar-refractivity contribution >= 4 is 5.91 Å². The minimum Gasteiger partial charge on any atom is -0.379 e. The van der Waals surface area contributed by atoms with Crippen molar-refractivity contribution in [3.8, 4) is 22.8 Å². The van der Waals surface area contributed by atoms with E-state index in [1.807, 2.05) is 42.5 Å². The third kappa shape index (κ3) is 3.81. The highest BCUT2D eigenvalue weighted by Crippen LogP contribution is 2.25. The van der Waals surface area contributed by atoms with Crippen molar-refractivity contribution in [3.63, 3.8) is 0 Å². The molecule has 4 rings (SSSR count). The molecule has 7 heteroatoms. The molecule has 144 valence electrons. The number of hydrogen-bond donors (Lipinski definition) is 1. The molecule has 1 saturated heterocycles. The molecule has 1 aliphatic rings. The lowest BCUT2D eigenvalue weighted by Gasteiger charge is -2.31. The number of methoxy groups -OCH3 is 1. The smallest absolute Gasteiger partial charge is 0.259 e. The van der Waals surface area contributed by atoms with Crippen LogP contribution in [-0.4, -0.2) is 48.5 Å². The molecular formula is C21H21N3O4. The topological polar surface area (TPSA) is 86.5 Å². The summed E-state index contributed by atoms with van der Waals surface area (Å²) in [5.41, 5.74) is 1.92. The van der Waals surface area contributed by atoms with E-state index in [0.29, 0.717) is 42.5 Å². The Balaban J connectivity index is 1.59. The first-order chi connectivity index (χ1) is 13.8. The van der Waals surface area contributed by atoms with E-state index in [4.69, 9.17) is 14.0 Å². The van der Waals surface area contributed by atoms with E-state index in [0.717, 1.165) is 5.56 Å². The van der Waals surface area contributed by atoms with E-state index in [1.54, 1.807) is 19.2 Å². The fraction of sp³-hybridized carbons (Fsp3) is 0.286. The van der Waals surface area contributed by atoms with E-state index in [1.165, 1.54) is 0 Å². The molecule has 0 bridgehead atoms. The molecule has 1 amide bonds. The van der Waals surface area contributed by atoms with Crippen molar-refractivity contribution in [2.24, 2.45) is 0 Å². The van der Waals surface area contributed by atoms with Gasteiger partial charge in [-0.25, -0.2) is 0 Å². The molecule has 0 spiro atoms. The molecule has 0 saturated carbocycles. The van der Waals surface area contributed by atoms with Crippen LogP contribution in [-0.2, 0) is 9.47 Å². The first kappa shape index (κ1) is 18.3. The van der Waals surface area contributed by atoms with Gasteiger partial charge in [0.1, 0.15) is 6.10 Å². The molecule has 0 aliphatic carbocycles. The summed E-state index contributed by atoms with van der Waals surface area (Å²) < 4.78 is 16.3. The zero-order valence-electron chi connectivity index (χ0n) is 15.5. The summed E-state index contributed by atoms with van der Waals surface area (Å²) in [7, 11) is 1.62. The van der Waals surface area contributed by atoms with Crippen LogP contribution in [0.1, 0.15) is 16.8 Å². The first-order valence-electron chi connectivity index (χ1n) is 9.16. The summed E-state index contributed by atoms with van der Waals surface area (Å²) >= 11 is 0. The van der Waals surface area contributed by atoms with Crippen molar-refractivity contribution in [2.75, 3.05) is 20.3 Å². The number of carbonyl (C=O) groups is 1. The molecule has 2 aromatic carbocycles. The summed E-state index contributed by atoms with van der Waals surface area (Å²) in [6.07, 6.45) is 0.531. The molecule has 2 heterocycles. The maximum absolute atomic E-state index is 12.9. The lowest BCUT2D eigenvalue weighted by molar-refractivity contribution is -0.0479. The monoisotopic (exact) mass is 379 g/mol. The zero-order valence-corrected chi connectivity index (χ0v) is 15.5. The predicted molar refractivity (Wildman–Crippen MR) is 103 cm³/mol. The van der Waals surface area contributed by atoms with Gasteiger partial charge in [0, 0.05) is 19.3 Å². The molecule has 0 unspecified atom stereocenters. The van der Waals surface area contributed by atoms with Gasteiger partial charge >= 0.3 is 0 Å². The maximum Gasteiger partial charge on any atom is 0.259 e. The van der Waals surface area contributed by atoms with Crippen molar-refractivity contribution in [3.05, 3.63) is 60.2 Å². The number of carbonyl (C=O) groups excluding carboxylic acids is 1. The number of nitrogens with one attached hydrogen (secondary N) is 1. The quantitative estimate of drug-likeness (QED) is 0.733. The number of amides is 1. The Morgan fingerprint density at radius 1 is 1.14 bits per heavy atom. The predicted octanol–water partition coefficient (Wildman–Crippen LogP) is 2.94. The number of rotatable bonds is 5. The van der Waals surface area contributed by atoms with Gasteiger partial charge in [0.25, 0.3) is 11.8 Å². The van der Waals surface area contributed by atoms with Crippen molar-refractivity contribution in [1.82, 2.24) is 15.5 Å². The maximum atomic E-state index is 12.9. The van der Waals surface area contributed by atoms with E-state index < -0.39 is 0 Å². The minimum absolute atomic E-state index is 0.109. The van der Waals surface area contributed by atoms with Crippen LogP contribution in [0, 0.1) is 0 Å². The standard InChI is InChI=1S/C21H21N3O4/c1-26-18-13-27-12-11-17(18)22-20(25)15-9-5-6-10-16(15)21-23-19(24-28-21)14-7-3-2-4-8-14/h2-10,17-18H,11-13H2,1H3,(H,22,25)/t17-,18-/m1/s1. The van der Waals surface area contributed by atoms with E-state index in [9.17, 15) is 4.79 Å². The summed E-state index contributed by atoms with van der Waals surface area (Å²) in [4.78, 5) is 17.4. The lowest BCUT2D eigenvalue weighted by Crippen LogP contribution is -2.49. The summed E-state index contributed by atoms with van der Waals surface area (Å²) in [5, 5.41) is 7.10. The molecule has 1 aliphatic heterocycles. The Kier molecular flexibility index (Phi) is 5.45. The van der Waals surface area contributed by atoms with E-state index >= 15 is 0 Å². The van der Waals surface area contributed by atoms with Crippen LogP contribution >= 0.6 is 0 Å². The molecule has 7 nitrogen and oxygen atoms in total. The van der Waals surface area contributed by atoms with Crippen LogP contribution in [0.4, 0.5) is 0 Å². The van der Waals surface area contributed by atoms with Crippen molar-refractivity contribution < 1.29 is 18.8 Å². The Bertz CT molecular complexity index is 942. The highest BCUT2D eigenvalue weighted by atomic mass is 16.5. The highest BCUT2D eigenvalue weighted by Gasteiger charge is 2.28. The fourth-order valence-electron chi connectivity index (χ4n) is 3.26. The number of hydrogen-bond acceptors (Lipinski definition) is 6. The third-order valence-corrected chi connectivity index (χ3v) is 4.78. The fourth-order valence-corrected chi connectivity index (χ4v) is 3.26. The van der Waals surface area contributed by atoms with Gasteiger partial charge in [-0.05, 0) is 18.6 Å². The van der Waals surface area contributed by atoms with Gasteiger partial charge in [0.2, 0.25) is 5.82 Å². The SMILES string of the molecule is CO[C@@H]1COCC[C@H]1NC(=O)c1ccccc1-c1nc(-c2ccccc2)no1. The summed E-state index contributed by atoms with van der Waals surface area (Å²) in [6, 6.07) is 16.6. The van der Waals surface area contributed by atoms with Gasteiger partial charge in [-0.3, -0.25) is 4.79 Å². The van der Waals surface area contributed by atoms with Crippen LogP contribution < -0.4 is 5.32 Å². The molecular weight excluding hydrogens is 358 g/mol. The van der Waals surface area contributed by atoms with Gasteiger partial charge in [0.15, 0.2) is 0 Å². The second kappa shape index (κ2) is 8.33. The third-order valence-electron chi connectivity index (χ3n) is 4.78. The van der Waals surface area contributed by atoms with Gasteiger partial charge < -0.3 is 19.3 Å². The van der Waals surface area contributed by atoms with Crippen LogP contribution in [0.2, 0.25) is 0 Å². The Morgan fingerprint density at radius 3 is 2.75 bits per heavy atom. The number of aromatic nitrogens is 2. The lowest BCUT2D eigenvalue weighted by atomic mass is 10.0. The second-order valence-electron chi connectivity index (χ2n) is 6.55. The average Bonchev–Trinajstić information content (AvgIpc) is 3.25. The number of ether oxygens (including phenoxy) is 2. The van der Waals surface area contributed by atoms with E-state index in [-0.39, 0.29) is 18.1 Å². The van der Waals surface area contributed by atoms with E-state index in [2.05, 4.69) is 15.5 Å². The van der Waals surface area contributed by atoms with Gasteiger partial charge in [-0.2, -0.15) is 4.98 Å². The molecule has 1 aromatic heterocycles. The van der Waals surface area contributed by atoms with Gasteiger partial charge in [-0.1, -0.05) is 47.6 Å². The Labute approximate surface area is 162 Å². The number of nitrogens with zero attached hydrogens (tertiary/aromatic N) is 2. The molecule has 2 atom stereocenters. The second-order valence-corrected chi connectivity index (χ2v) is 6.55. The van der Waals surface area contributed by atoms with Crippen LogP contribution in [0.15, 0.2) is 59.1 Å². The Morgan fingerprint density at radius 2 is 1.93 bits per heavy atom. The van der Waals surface area contributed by atoms with Crippen molar-refractivity contribution in [2.45, 2.75) is 18.6 Å². The summed E-state index contributed by atoms with van der Waals surface area (Å²) in [5.74, 6) is 0.582. The molecule has 28 heavy (non-hydrogen) atoms. The van der Waals surface area contributed by atoms with Gasteiger partial charge in [-0.15, -0.1) is 0 Å². The van der Waals surface area contributed by atoms with Crippen LogP contribution in [0.3, 0.4) is 0 Å². The molecule has 3 aromatic rings. The number of benzene rings is 2. The van der Waals surface area contributed by atoms with Crippen molar-refractivity contribution in [1.29, 1.82) is 0 Å². The molecule has 1 fully saturated rings.